The number of aryl methyl sites for hydroxylation is 1. The van der Waals surface area contributed by atoms with Crippen LogP contribution in [-0.4, -0.2) is 97.2 Å². The first-order valence-electron chi connectivity index (χ1n) is 14.5. The van der Waals surface area contributed by atoms with Gasteiger partial charge in [0.15, 0.2) is 17.5 Å². The molecule has 218 valence electrons. The number of nitrogens with zero attached hydrogens (tertiary/aromatic N) is 3. The molecule has 0 radical (unpaired) electrons. The maximum Gasteiger partial charge on any atom is 0.302 e. The number of aliphatic hydroxyl groups excluding tert-OH is 1. The molecule has 0 saturated carbocycles. The van der Waals surface area contributed by atoms with Crippen LogP contribution >= 0.6 is 0 Å². The van der Waals surface area contributed by atoms with Gasteiger partial charge in [-0.3, -0.25) is 9.69 Å². The summed E-state index contributed by atoms with van der Waals surface area (Å²) in [6.45, 7) is 8.38. The van der Waals surface area contributed by atoms with Crippen molar-refractivity contribution in [1.82, 2.24) is 15.1 Å². The Kier molecular flexibility index (Phi) is 10.7. The normalized spacial score (nSPS) is 28.7. The first-order chi connectivity index (χ1) is 18.8. The van der Waals surface area contributed by atoms with Crippen molar-refractivity contribution < 1.29 is 24.5 Å². The smallest absolute Gasteiger partial charge is 0.302 e. The molecule has 39 heavy (non-hydrogen) atoms. The van der Waals surface area contributed by atoms with E-state index in [0.717, 1.165) is 57.7 Å². The number of guanidine groups is 1. The zero-order valence-electron chi connectivity index (χ0n) is 23.6. The number of carbonyl (C=O) groups is 1. The van der Waals surface area contributed by atoms with E-state index in [1.54, 1.807) is 12.1 Å². The summed E-state index contributed by atoms with van der Waals surface area (Å²) in [5.41, 5.74) is 7.16. The van der Waals surface area contributed by atoms with E-state index in [-0.39, 0.29) is 17.8 Å². The van der Waals surface area contributed by atoms with Crippen LogP contribution in [0.4, 0.5) is 0 Å². The van der Waals surface area contributed by atoms with Crippen molar-refractivity contribution in [1.29, 1.82) is 0 Å². The molecule has 0 amide bonds. The number of phenolic OH excluding ortho intramolecular Hbond substituents is 1. The second-order valence-corrected chi connectivity index (χ2v) is 11.7. The monoisotopic (exact) mass is 545 g/mol. The number of ether oxygens (including phenoxy) is 2. The molecule has 4 heterocycles. The van der Waals surface area contributed by atoms with E-state index in [0.29, 0.717) is 61.8 Å². The van der Waals surface area contributed by atoms with Crippen LogP contribution in [0.2, 0.25) is 0 Å². The van der Waals surface area contributed by atoms with Crippen LogP contribution in [0.3, 0.4) is 0 Å². The number of aliphatic hydroxyl groups is 1. The number of piperidine rings is 2. The lowest BCUT2D eigenvalue weighted by Crippen LogP contribution is -2.52. The Morgan fingerprint density at radius 3 is 2.67 bits per heavy atom. The van der Waals surface area contributed by atoms with Gasteiger partial charge in [0.1, 0.15) is 6.10 Å². The third-order valence-corrected chi connectivity index (χ3v) is 8.37. The van der Waals surface area contributed by atoms with Crippen molar-refractivity contribution in [2.75, 3.05) is 53.0 Å². The molecule has 4 bridgehead atoms. The number of benzene rings is 1. The molecule has 0 spiro atoms. The minimum Gasteiger partial charge on any atom is -0.504 e. The van der Waals surface area contributed by atoms with Gasteiger partial charge in [-0.05, 0) is 80.5 Å². The topological polar surface area (TPSA) is 133 Å². The van der Waals surface area contributed by atoms with E-state index in [1.807, 2.05) is 6.07 Å². The number of nitrogens with one attached hydrogen (secondary N) is 1. The predicted molar refractivity (Wildman–Crippen MR) is 151 cm³/mol. The molecule has 10 heteroatoms. The molecule has 1 aromatic rings. The van der Waals surface area contributed by atoms with Crippen molar-refractivity contribution in [2.24, 2.45) is 28.5 Å². The largest absolute Gasteiger partial charge is 0.504 e. The number of methoxy groups -OCH3 is 1. The number of aromatic hydroxyl groups is 1. The van der Waals surface area contributed by atoms with Gasteiger partial charge in [-0.1, -0.05) is 6.07 Å². The molecule has 0 aliphatic carbocycles. The van der Waals surface area contributed by atoms with Crippen molar-refractivity contribution in [3.63, 3.8) is 0 Å². The lowest BCUT2D eigenvalue weighted by molar-refractivity contribution is -0.148. The molecule has 10 nitrogen and oxygen atoms in total. The third kappa shape index (κ3) is 9.25. The summed E-state index contributed by atoms with van der Waals surface area (Å²) in [6.07, 6.45) is 4.52. The minimum atomic E-state index is -0.571. The minimum absolute atomic E-state index is 0.0904. The van der Waals surface area contributed by atoms with Gasteiger partial charge in [0, 0.05) is 46.1 Å². The first-order valence-corrected chi connectivity index (χ1v) is 14.5. The van der Waals surface area contributed by atoms with Gasteiger partial charge in [0.2, 0.25) is 0 Å². The summed E-state index contributed by atoms with van der Waals surface area (Å²) >= 11 is 0. The zero-order chi connectivity index (χ0) is 27.8. The number of hydrogen-bond acceptors (Lipinski definition) is 10. The summed E-state index contributed by atoms with van der Waals surface area (Å²) in [4.78, 5) is 21.4. The standard InChI is InChI=1S/C29H47N5O5/c1-20(35)39-26(7-4-21-5-8-27(37)28(12-21)38-2)13-25(36)6-3-22-9-10-33-15-23-11-24(16-33)18-34(17-23)19-32-29(30)31-14-22/h5,8,12,22-26,36-37H,3-4,6-7,9-11,13-19H2,1-2H3,(H3,30,31,32). The van der Waals surface area contributed by atoms with E-state index >= 15 is 0 Å². The quantitative estimate of drug-likeness (QED) is 0.326. The summed E-state index contributed by atoms with van der Waals surface area (Å²) in [6, 6.07) is 5.22. The third-order valence-electron chi connectivity index (χ3n) is 8.37. The van der Waals surface area contributed by atoms with Gasteiger partial charge in [-0.2, -0.15) is 0 Å². The van der Waals surface area contributed by atoms with Gasteiger partial charge in [-0.25, -0.2) is 4.99 Å². The first kappa shape index (κ1) is 29.4. The van der Waals surface area contributed by atoms with Gasteiger partial charge in [0.25, 0.3) is 0 Å². The molecule has 5 unspecified atom stereocenters. The number of phenols is 1. The zero-order valence-corrected chi connectivity index (χ0v) is 23.6. The van der Waals surface area contributed by atoms with E-state index in [2.05, 4.69) is 20.1 Å². The van der Waals surface area contributed by atoms with Crippen LogP contribution in [0, 0.1) is 17.8 Å². The molecule has 2 fully saturated rings. The molecule has 5 N–H and O–H groups in total. The average Bonchev–Trinajstić information content (AvgIpc) is 2.91. The SMILES string of the molecule is COc1cc(CCC(CC(O)CCC2CCN3CC4CC(C3)CN(CN=C(N)NC2)C4)OC(C)=O)ccc1O. The number of hydrogen-bond donors (Lipinski definition) is 4. The number of fused-ring (bicyclic) bond motifs is 6. The summed E-state index contributed by atoms with van der Waals surface area (Å²) in [7, 11) is 1.51. The van der Waals surface area contributed by atoms with Crippen LogP contribution in [0.25, 0.3) is 0 Å². The van der Waals surface area contributed by atoms with Gasteiger partial charge in [-0.15, -0.1) is 0 Å². The summed E-state index contributed by atoms with van der Waals surface area (Å²) < 4.78 is 10.8. The Morgan fingerprint density at radius 2 is 1.95 bits per heavy atom. The highest BCUT2D eigenvalue weighted by Gasteiger charge is 2.34. The number of carbonyl (C=O) groups excluding carboxylic acids is 1. The van der Waals surface area contributed by atoms with Gasteiger partial charge >= 0.3 is 5.97 Å². The number of aliphatic imine (C=N–C) groups is 1. The molecule has 4 aliphatic heterocycles. The molecule has 5 atom stereocenters. The lowest BCUT2D eigenvalue weighted by Gasteiger charge is -2.45. The Morgan fingerprint density at radius 1 is 1.21 bits per heavy atom. The fraction of sp³-hybridized carbons (Fsp3) is 0.724. The molecular weight excluding hydrogens is 498 g/mol. The number of esters is 1. The van der Waals surface area contributed by atoms with Gasteiger partial charge < -0.3 is 35.6 Å². The van der Waals surface area contributed by atoms with Crippen LogP contribution in [0.5, 0.6) is 11.5 Å². The Labute approximate surface area is 232 Å². The number of rotatable bonds is 10. The molecule has 0 aromatic heterocycles. The van der Waals surface area contributed by atoms with E-state index in [1.165, 1.54) is 20.5 Å². The Balaban J connectivity index is 1.30. The van der Waals surface area contributed by atoms with E-state index < -0.39 is 6.10 Å². The van der Waals surface area contributed by atoms with Crippen LogP contribution in [0.1, 0.15) is 51.0 Å². The lowest BCUT2D eigenvalue weighted by atomic mass is 9.84. The van der Waals surface area contributed by atoms with Crippen molar-refractivity contribution in [3.05, 3.63) is 23.8 Å². The fourth-order valence-corrected chi connectivity index (χ4v) is 6.50. The fourth-order valence-electron chi connectivity index (χ4n) is 6.50. The second-order valence-electron chi connectivity index (χ2n) is 11.7. The predicted octanol–water partition coefficient (Wildman–Crippen LogP) is 1.93. The van der Waals surface area contributed by atoms with E-state index in [9.17, 15) is 15.0 Å². The molecule has 4 aliphatic rings. The van der Waals surface area contributed by atoms with Crippen LogP contribution in [0.15, 0.2) is 23.2 Å². The molecule has 1 aromatic carbocycles. The second kappa shape index (κ2) is 14.2. The van der Waals surface area contributed by atoms with Crippen LogP contribution in [-0.2, 0) is 16.0 Å². The number of nitrogens with two attached hydrogens (primary N) is 1. The molecular formula is C29H47N5O5. The summed E-state index contributed by atoms with van der Waals surface area (Å²) in [5, 5.41) is 24.1. The van der Waals surface area contributed by atoms with E-state index in [4.69, 9.17) is 15.2 Å². The highest BCUT2D eigenvalue weighted by molar-refractivity contribution is 5.77. The maximum atomic E-state index is 11.8. The maximum absolute atomic E-state index is 11.8. The molecule has 2 saturated heterocycles. The van der Waals surface area contributed by atoms with Crippen molar-refractivity contribution >= 4 is 11.9 Å². The van der Waals surface area contributed by atoms with Crippen molar-refractivity contribution in [2.45, 2.75) is 64.1 Å². The Bertz CT molecular complexity index is 961. The highest BCUT2D eigenvalue weighted by Crippen LogP contribution is 2.30. The highest BCUT2D eigenvalue weighted by atomic mass is 16.5. The summed E-state index contributed by atoms with van der Waals surface area (Å²) in [5.74, 6) is 2.44. The molecule has 5 rings (SSSR count). The van der Waals surface area contributed by atoms with Gasteiger partial charge in [0.05, 0.1) is 19.9 Å². The Hall–Kier alpha value is -2.56. The van der Waals surface area contributed by atoms with Crippen LogP contribution < -0.4 is 15.8 Å². The average molecular weight is 546 g/mol. The van der Waals surface area contributed by atoms with Crippen molar-refractivity contribution in [3.8, 4) is 11.5 Å².